The number of nitro groups is 1. The van der Waals surface area contributed by atoms with Crippen LogP contribution in [-0.2, 0) is 19.6 Å². The second kappa shape index (κ2) is 11.1. The van der Waals surface area contributed by atoms with Crippen molar-refractivity contribution in [3.05, 3.63) is 28.3 Å². The number of carbonyl (C=O) groups is 1. The largest absolute Gasteiger partial charge is 0.469 e. The van der Waals surface area contributed by atoms with E-state index in [0.717, 1.165) is 44.6 Å². The van der Waals surface area contributed by atoms with E-state index in [0.29, 0.717) is 32.5 Å². The van der Waals surface area contributed by atoms with Crippen molar-refractivity contribution in [2.24, 2.45) is 0 Å². The first-order valence-corrected chi connectivity index (χ1v) is 11.4. The number of nitro benzene ring substituents is 1. The number of anilines is 1. The van der Waals surface area contributed by atoms with Crippen LogP contribution in [0.5, 0.6) is 0 Å². The van der Waals surface area contributed by atoms with Gasteiger partial charge in [0.05, 0.1) is 16.9 Å². The molecule has 2 rings (SSSR count). The highest BCUT2D eigenvalue weighted by Gasteiger charge is 2.27. The zero-order valence-corrected chi connectivity index (χ0v) is 17.6. The summed E-state index contributed by atoms with van der Waals surface area (Å²) in [6.45, 7) is 1.38. The average molecular weight is 428 g/mol. The minimum atomic E-state index is -3.74. The van der Waals surface area contributed by atoms with Crippen LogP contribution in [0.3, 0.4) is 0 Å². The first-order valence-electron chi connectivity index (χ1n) is 9.95. The minimum Gasteiger partial charge on any atom is -0.469 e. The van der Waals surface area contributed by atoms with E-state index in [1.807, 2.05) is 0 Å². The van der Waals surface area contributed by atoms with Gasteiger partial charge in [-0.1, -0.05) is 19.3 Å². The van der Waals surface area contributed by atoms with E-state index in [1.165, 1.54) is 23.5 Å². The monoisotopic (exact) mass is 427 g/mol. The van der Waals surface area contributed by atoms with E-state index >= 15 is 0 Å². The normalized spacial score (nSPS) is 15.5. The molecule has 0 saturated carbocycles. The molecule has 1 heterocycles. The third-order valence-electron chi connectivity index (χ3n) is 4.97. The molecule has 0 atom stereocenters. The maximum absolute atomic E-state index is 12.9. The van der Waals surface area contributed by atoms with Gasteiger partial charge >= 0.3 is 5.97 Å². The molecule has 0 amide bonds. The fourth-order valence-corrected chi connectivity index (χ4v) is 4.84. The maximum atomic E-state index is 12.9. The van der Waals surface area contributed by atoms with Crippen molar-refractivity contribution in [3.63, 3.8) is 0 Å². The first-order chi connectivity index (χ1) is 13.9. The van der Waals surface area contributed by atoms with Gasteiger partial charge in [0.15, 0.2) is 0 Å². The summed E-state index contributed by atoms with van der Waals surface area (Å²) in [5.74, 6) is -0.255. The third kappa shape index (κ3) is 6.67. The highest BCUT2D eigenvalue weighted by molar-refractivity contribution is 7.89. The van der Waals surface area contributed by atoms with Gasteiger partial charge < -0.3 is 10.1 Å². The minimum absolute atomic E-state index is 0.0465. The summed E-state index contributed by atoms with van der Waals surface area (Å²) in [5.41, 5.74) is 0.0354. The number of hydrogen-bond donors (Lipinski definition) is 1. The van der Waals surface area contributed by atoms with Gasteiger partial charge in [0.1, 0.15) is 5.69 Å². The second-order valence-corrected chi connectivity index (χ2v) is 9.01. The van der Waals surface area contributed by atoms with Crippen LogP contribution >= 0.6 is 0 Å². The summed E-state index contributed by atoms with van der Waals surface area (Å²) in [6.07, 6.45) is 6.12. The number of ether oxygens (including phenoxy) is 1. The van der Waals surface area contributed by atoms with Crippen molar-refractivity contribution in [1.82, 2.24) is 4.31 Å². The Bertz CT molecular complexity index is 804. The number of sulfonamides is 1. The molecule has 1 aliphatic rings. The highest BCUT2D eigenvalue weighted by Crippen LogP contribution is 2.30. The number of unbranched alkanes of at least 4 members (excludes halogenated alkanes) is 2. The smallest absolute Gasteiger partial charge is 0.305 e. The maximum Gasteiger partial charge on any atom is 0.305 e. The molecule has 29 heavy (non-hydrogen) atoms. The second-order valence-electron chi connectivity index (χ2n) is 7.07. The van der Waals surface area contributed by atoms with E-state index in [9.17, 15) is 23.3 Å². The number of methoxy groups -OCH3 is 1. The molecule has 0 aliphatic carbocycles. The Balaban J connectivity index is 2.02. The third-order valence-corrected chi connectivity index (χ3v) is 6.86. The summed E-state index contributed by atoms with van der Waals surface area (Å²) in [4.78, 5) is 21.9. The van der Waals surface area contributed by atoms with Crippen LogP contribution in [0.4, 0.5) is 11.4 Å². The van der Waals surface area contributed by atoms with E-state index in [-0.39, 0.29) is 22.2 Å². The molecule has 1 fully saturated rings. The summed E-state index contributed by atoms with van der Waals surface area (Å²) < 4.78 is 31.8. The standard InChI is InChI=1S/C19H29N3O6S/c1-28-19(23)9-5-4-6-12-20-17-11-10-16(15-18(17)22(24)25)29(26,27)21-13-7-2-3-8-14-21/h10-11,15,20H,2-9,12-14H2,1H3. The lowest BCUT2D eigenvalue weighted by atomic mass is 10.2. The summed E-state index contributed by atoms with van der Waals surface area (Å²) >= 11 is 0. The van der Waals surface area contributed by atoms with Gasteiger partial charge in [0, 0.05) is 32.1 Å². The molecule has 1 aliphatic heterocycles. The van der Waals surface area contributed by atoms with Crippen molar-refractivity contribution in [3.8, 4) is 0 Å². The Morgan fingerprint density at radius 2 is 1.86 bits per heavy atom. The molecule has 1 aromatic rings. The fourth-order valence-electron chi connectivity index (χ4n) is 3.30. The Kier molecular flexibility index (Phi) is 8.84. The van der Waals surface area contributed by atoms with Crippen LogP contribution in [-0.4, -0.2) is 50.4 Å². The van der Waals surface area contributed by atoms with Gasteiger partial charge in [0.2, 0.25) is 10.0 Å². The lowest BCUT2D eigenvalue weighted by Crippen LogP contribution is -2.32. The topological polar surface area (TPSA) is 119 Å². The van der Waals surface area contributed by atoms with E-state index in [4.69, 9.17) is 0 Å². The molecule has 1 N–H and O–H groups in total. The summed E-state index contributed by atoms with van der Waals surface area (Å²) in [7, 11) is -2.40. The number of nitrogens with zero attached hydrogens (tertiary/aromatic N) is 2. The van der Waals surface area contributed by atoms with Crippen LogP contribution < -0.4 is 5.32 Å². The first kappa shape index (κ1) is 23.1. The van der Waals surface area contributed by atoms with E-state index in [2.05, 4.69) is 10.1 Å². The van der Waals surface area contributed by atoms with Crippen molar-refractivity contribution in [2.75, 3.05) is 32.1 Å². The molecule has 10 heteroatoms. The lowest BCUT2D eigenvalue weighted by Gasteiger charge is -2.20. The van der Waals surface area contributed by atoms with Gasteiger partial charge in [-0.15, -0.1) is 0 Å². The molecular weight excluding hydrogens is 398 g/mol. The van der Waals surface area contributed by atoms with Gasteiger partial charge in [-0.2, -0.15) is 4.31 Å². The number of nitrogens with one attached hydrogen (secondary N) is 1. The molecule has 1 saturated heterocycles. The fraction of sp³-hybridized carbons (Fsp3) is 0.632. The number of hydrogen-bond acceptors (Lipinski definition) is 7. The van der Waals surface area contributed by atoms with Crippen LogP contribution in [0.2, 0.25) is 0 Å². The molecule has 1 aromatic carbocycles. The van der Waals surface area contributed by atoms with Crippen molar-refractivity contribution < 1.29 is 22.9 Å². The van der Waals surface area contributed by atoms with E-state index in [1.54, 1.807) is 0 Å². The van der Waals surface area contributed by atoms with Crippen LogP contribution in [0.15, 0.2) is 23.1 Å². The Hall–Kier alpha value is -2.20. The zero-order valence-electron chi connectivity index (χ0n) is 16.8. The van der Waals surface area contributed by atoms with Crippen molar-refractivity contribution in [2.45, 2.75) is 56.3 Å². The van der Waals surface area contributed by atoms with Crippen LogP contribution in [0.25, 0.3) is 0 Å². The Labute approximate surface area is 171 Å². The summed E-state index contributed by atoms with van der Waals surface area (Å²) in [5, 5.41) is 14.5. The molecule has 0 radical (unpaired) electrons. The number of esters is 1. The van der Waals surface area contributed by atoms with Gasteiger partial charge in [-0.05, 0) is 37.8 Å². The molecule has 0 unspecified atom stereocenters. The van der Waals surface area contributed by atoms with Gasteiger partial charge in [-0.3, -0.25) is 14.9 Å². The Morgan fingerprint density at radius 1 is 1.17 bits per heavy atom. The number of rotatable bonds is 10. The predicted molar refractivity (Wildman–Crippen MR) is 109 cm³/mol. The average Bonchev–Trinajstić information content (AvgIpc) is 3.00. The molecule has 0 aromatic heterocycles. The number of benzene rings is 1. The molecule has 0 bridgehead atoms. The molecule has 162 valence electrons. The van der Waals surface area contributed by atoms with Crippen LogP contribution in [0.1, 0.15) is 51.4 Å². The lowest BCUT2D eigenvalue weighted by molar-refractivity contribution is -0.384. The zero-order chi connectivity index (χ0) is 21.3. The SMILES string of the molecule is COC(=O)CCCCCNc1ccc(S(=O)(=O)N2CCCCCC2)cc1[N+](=O)[O-]. The van der Waals surface area contributed by atoms with Crippen LogP contribution in [0, 0.1) is 10.1 Å². The molecular formula is C19H29N3O6S. The van der Waals surface area contributed by atoms with E-state index < -0.39 is 14.9 Å². The summed E-state index contributed by atoms with van der Waals surface area (Å²) in [6, 6.07) is 4.02. The van der Waals surface area contributed by atoms with Gasteiger partial charge in [0.25, 0.3) is 5.69 Å². The molecule has 9 nitrogen and oxygen atoms in total. The number of carbonyl (C=O) groups excluding carboxylic acids is 1. The van der Waals surface area contributed by atoms with Crippen molar-refractivity contribution in [1.29, 1.82) is 0 Å². The quantitative estimate of drug-likeness (QED) is 0.263. The van der Waals surface area contributed by atoms with Crippen molar-refractivity contribution >= 4 is 27.4 Å². The predicted octanol–water partition coefficient (Wildman–Crippen LogP) is 3.30. The Morgan fingerprint density at radius 3 is 2.48 bits per heavy atom. The van der Waals surface area contributed by atoms with Gasteiger partial charge in [-0.25, -0.2) is 8.42 Å². The molecule has 0 spiro atoms. The highest BCUT2D eigenvalue weighted by atomic mass is 32.2.